The zero-order valence-electron chi connectivity index (χ0n) is 11.6. The van der Waals surface area contributed by atoms with Crippen molar-refractivity contribution in [3.63, 3.8) is 0 Å². The Morgan fingerprint density at radius 1 is 1.32 bits per heavy atom. The molecule has 110 valence electrons. The van der Waals surface area contributed by atoms with Gasteiger partial charge in [0.05, 0.1) is 16.8 Å². The molecule has 0 saturated heterocycles. The van der Waals surface area contributed by atoms with E-state index in [2.05, 4.69) is 16.4 Å². The van der Waals surface area contributed by atoms with Gasteiger partial charge >= 0.3 is 0 Å². The molecule has 0 heterocycles. The summed E-state index contributed by atoms with van der Waals surface area (Å²) in [5.74, 6) is 2.66. The lowest BCUT2D eigenvalue weighted by Crippen LogP contribution is -2.17. The van der Waals surface area contributed by atoms with Crippen molar-refractivity contribution in [2.24, 2.45) is 5.10 Å². The highest BCUT2D eigenvalue weighted by atomic mass is 35.5. The van der Waals surface area contributed by atoms with Gasteiger partial charge in [0.1, 0.15) is 12.4 Å². The van der Waals surface area contributed by atoms with Gasteiger partial charge in [-0.2, -0.15) is 5.10 Å². The van der Waals surface area contributed by atoms with Gasteiger partial charge in [-0.1, -0.05) is 41.8 Å². The predicted molar refractivity (Wildman–Crippen MR) is 87.3 cm³/mol. The summed E-state index contributed by atoms with van der Waals surface area (Å²) in [4.78, 5) is 11.9. The lowest BCUT2D eigenvalue weighted by Gasteiger charge is -2.03. The minimum atomic E-state index is -0.374. The molecular weight excluding hydrogens is 300 g/mol. The van der Waals surface area contributed by atoms with Crippen molar-refractivity contribution in [1.29, 1.82) is 0 Å². The van der Waals surface area contributed by atoms with Crippen molar-refractivity contribution in [2.75, 3.05) is 6.61 Å². The number of hydrogen-bond donors (Lipinski definition) is 1. The van der Waals surface area contributed by atoms with Crippen molar-refractivity contribution < 1.29 is 9.53 Å². The number of hydrazone groups is 1. The number of hydrogen-bond acceptors (Lipinski definition) is 3. The standard InChI is InChI=1S/C17H13ClN2O2/c1-2-10-22-14-7-5-6-13(11-14)12-19-20-17(21)15-8-3-4-9-16(15)18/h1,3-9,11-12H,10H2,(H,20,21)/b19-12-. The van der Waals surface area contributed by atoms with Crippen LogP contribution in [0.5, 0.6) is 5.75 Å². The van der Waals surface area contributed by atoms with E-state index in [1.807, 2.05) is 12.1 Å². The van der Waals surface area contributed by atoms with E-state index in [-0.39, 0.29) is 12.5 Å². The Hall–Kier alpha value is -2.77. The van der Waals surface area contributed by atoms with Crippen LogP contribution < -0.4 is 10.2 Å². The van der Waals surface area contributed by atoms with Crippen LogP contribution in [-0.2, 0) is 0 Å². The van der Waals surface area contributed by atoms with Gasteiger partial charge < -0.3 is 4.74 Å². The molecule has 0 unspecified atom stereocenters. The molecule has 0 aliphatic heterocycles. The minimum Gasteiger partial charge on any atom is -0.481 e. The Balaban J connectivity index is 1.99. The highest BCUT2D eigenvalue weighted by Gasteiger charge is 2.07. The second-order valence-corrected chi connectivity index (χ2v) is 4.65. The Bertz CT molecular complexity index is 735. The Morgan fingerprint density at radius 2 is 2.14 bits per heavy atom. The Labute approximate surface area is 133 Å². The molecule has 1 amide bonds. The van der Waals surface area contributed by atoms with Crippen LogP contribution in [0, 0.1) is 12.3 Å². The molecule has 0 aromatic heterocycles. The van der Waals surface area contributed by atoms with Gasteiger partial charge in [-0.25, -0.2) is 5.43 Å². The van der Waals surface area contributed by atoms with Crippen LogP contribution in [0.3, 0.4) is 0 Å². The summed E-state index contributed by atoms with van der Waals surface area (Å²) in [5, 5.41) is 4.28. The molecule has 0 spiro atoms. The van der Waals surface area contributed by atoms with Gasteiger partial charge in [-0.3, -0.25) is 4.79 Å². The molecule has 5 heteroatoms. The van der Waals surface area contributed by atoms with E-state index in [1.165, 1.54) is 6.21 Å². The zero-order chi connectivity index (χ0) is 15.8. The predicted octanol–water partition coefficient (Wildman–Crippen LogP) is 3.12. The highest BCUT2D eigenvalue weighted by Crippen LogP contribution is 2.14. The Morgan fingerprint density at radius 3 is 2.91 bits per heavy atom. The maximum Gasteiger partial charge on any atom is 0.272 e. The third-order valence-corrected chi connectivity index (χ3v) is 3.01. The van der Waals surface area contributed by atoms with E-state index in [0.29, 0.717) is 16.3 Å². The molecule has 22 heavy (non-hydrogen) atoms. The number of benzene rings is 2. The number of rotatable bonds is 5. The van der Waals surface area contributed by atoms with Crippen molar-refractivity contribution in [2.45, 2.75) is 0 Å². The van der Waals surface area contributed by atoms with Gasteiger partial charge in [0.2, 0.25) is 0 Å². The number of halogens is 1. The number of nitrogens with zero attached hydrogens (tertiary/aromatic N) is 1. The first-order valence-electron chi connectivity index (χ1n) is 6.45. The molecule has 0 fully saturated rings. The van der Waals surface area contributed by atoms with Gasteiger partial charge in [-0.15, -0.1) is 6.42 Å². The average Bonchev–Trinajstić information content (AvgIpc) is 2.53. The van der Waals surface area contributed by atoms with Crippen LogP contribution in [0.15, 0.2) is 53.6 Å². The van der Waals surface area contributed by atoms with Crippen LogP contribution in [0.2, 0.25) is 5.02 Å². The summed E-state index contributed by atoms with van der Waals surface area (Å²) in [5.41, 5.74) is 3.56. The molecule has 1 N–H and O–H groups in total. The van der Waals surface area contributed by atoms with Gasteiger partial charge in [0, 0.05) is 0 Å². The third kappa shape index (κ3) is 4.37. The average molecular weight is 313 g/mol. The van der Waals surface area contributed by atoms with Gasteiger partial charge in [0.25, 0.3) is 5.91 Å². The van der Waals surface area contributed by atoms with Crippen LogP contribution in [-0.4, -0.2) is 18.7 Å². The fourth-order valence-electron chi connectivity index (χ4n) is 1.68. The number of nitrogens with one attached hydrogen (secondary N) is 1. The van der Waals surface area contributed by atoms with E-state index in [4.69, 9.17) is 22.8 Å². The lowest BCUT2D eigenvalue weighted by atomic mass is 10.2. The van der Waals surface area contributed by atoms with Crippen molar-refractivity contribution in [3.05, 3.63) is 64.7 Å². The summed E-state index contributed by atoms with van der Waals surface area (Å²) in [6, 6.07) is 13.9. The smallest absolute Gasteiger partial charge is 0.272 e. The highest BCUT2D eigenvalue weighted by molar-refractivity contribution is 6.33. The minimum absolute atomic E-state index is 0.198. The second-order valence-electron chi connectivity index (χ2n) is 4.24. The van der Waals surface area contributed by atoms with Crippen molar-refractivity contribution in [3.8, 4) is 18.1 Å². The molecule has 0 aliphatic carbocycles. The maximum absolute atomic E-state index is 11.9. The Kier molecular flexibility index (Phi) is 5.58. The van der Waals surface area contributed by atoms with Crippen LogP contribution in [0.1, 0.15) is 15.9 Å². The van der Waals surface area contributed by atoms with Gasteiger partial charge in [0.15, 0.2) is 0 Å². The number of carbonyl (C=O) groups is 1. The molecule has 2 rings (SSSR count). The molecule has 2 aromatic rings. The fraction of sp³-hybridized carbons (Fsp3) is 0.0588. The normalized spacial score (nSPS) is 10.2. The number of amides is 1. The molecule has 0 bridgehead atoms. The summed E-state index contributed by atoms with van der Waals surface area (Å²) in [6.07, 6.45) is 6.65. The molecule has 2 aromatic carbocycles. The van der Waals surface area contributed by atoms with Crippen LogP contribution in [0.4, 0.5) is 0 Å². The maximum atomic E-state index is 11.9. The monoisotopic (exact) mass is 312 g/mol. The zero-order valence-corrected chi connectivity index (χ0v) is 12.4. The lowest BCUT2D eigenvalue weighted by molar-refractivity contribution is 0.0955. The number of ether oxygens (including phenoxy) is 1. The number of carbonyl (C=O) groups excluding carboxylic acids is 1. The van der Waals surface area contributed by atoms with Crippen LogP contribution in [0.25, 0.3) is 0 Å². The first kappa shape index (κ1) is 15.6. The summed E-state index contributed by atoms with van der Waals surface area (Å²) in [6.45, 7) is 0.198. The molecule has 0 radical (unpaired) electrons. The molecule has 0 aliphatic rings. The second kappa shape index (κ2) is 7.87. The first-order valence-corrected chi connectivity index (χ1v) is 6.83. The molecule has 0 atom stereocenters. The largest absolute Gasteiger partial charge is 0.481 e. The fourth-order valence-corrected chi connectivity index (χ4v) is 1.90. The summed E-state index contributed by atoms with van der Waals surface area (Å²) < 4.78 is 5.31. The van der Waals surface area contributed by atoms with Crippen molar-refractivity contribution in [1.82, 2.24) is 5.43 Å². The van der Waals surface area contributed by atoms with E-state index >= 15 is 0 Å². The third-order valence-electron chi connectivity index (χ3n) is 2.68. The van der Waals surface area contributed by atoms with Crippen LogP contribution >= 0.6 is 11.6 Å². The topological polar surface area (TPSA) is 50.7 Å². The van der Waals surface area contributed by atoms with E-state index in [1.54, 1.807) is 36.4 Å². The van der Waals surface area contributed by atoms with E-state index in [9.17, 15) is 4.79 Å². The molecular formula is C17H13ClN2O2. The van der Waals surface area contributed by atoms with E-state index < -0.39 is 0 Å². The summed E-state index contributed by atoms with van der Waals surface area (Å²) >= 11 is 5.94. The molecule has 0 saturated carbocycles. The number of terminal acetylenes is 1. The van der Waals surface area contributed by atoms with Gasteiger partial charge in [-0.05, 0) is 29.8 Å². The van der Waals surface area contributed by atoms with Crippen molar-refractivity contribution >= 4 is 23.7 Å². The molecule has 4 nitrogen and oxygen atoms in total. The first-order chi connectivity index (χ1) is 10.7. The quantitative estimate of drug-likeness (QED) is 0.524. The summed E-state index contributed by atoms with van der Waals surface area (Å²) in [7, 11) is 0. The van der Waals surface area contributed by atoms with E-state index in [0.717, 1.165) is 5.56 Å². The SMILES string of the molecule is C#CCOc1cccc(/C=N\NC(=O)c2ccccc2Cl)c1.